The van der Waals surface area contributed by atoms with Gasteiger partial charge in [-0.05, 0) is 63.5 Å². The van der Waals surface area contributed by atoms with E-state index in [9.17, 15) is 9.90 Å². The summed E-state index contributed by atoms with van der Waals surface area (Å²) in [6.45, 7) is 10.6. The Kier molecular flexibility index (Phi) is 5.84. The molecule has 3 aliphatic rings. The lowest BCUT2D eigenvalue weighted by atomic mass is 9.59. The van der Waals surface area contributed by atoms with E-state index in [-0.39, 0.29) is 29.3 Å². The lowest BCUT2D eigenvalue weighted by Gasteiger charge is -2.46. The van der Waals surface area contributed by atoms with Crippen LogP contribution in [0.1, 0.15) is 65.4 Å². The second-order valence-electron chi connectivity index (χ2n) is 10.3. The number of nitrogens with zero attached hydrogens (tertiary/aromatic N) is 1. The van der Waals surface area contributed by atoms with Crippen LogP contribution in [0.15, 0.2) is 41.5 Å². The Bertz CT molecular complexity index is 815. The van der Waals surface area contributed by atoms with E-state index in [1.807, 2.05) is 37.3 Å². The number of hydrogen-bond donors (Lipinski definition) is 1. The molecule has 30 heavy (non-hydrogen) atoms. The molecule has 0 amide bonds. The number of carbonyl (C=O) groups excluding carboxylic acids is 1. The number of likely N-dealkylation sites (N-methyl/N-ethyl adjacent to an activating group) is 1. The number of fused-ring (bicyclic) bond motifs is 2. The number of esters is 1. The molecule has 2 fully saturated rings. The van der Waals surface area contributed by atoms with Crippen molar-refractivity contribution in [1.82, 2.24) is 4.90 Å². The first-order chi connectivity index (χ1) is 14.2. The van der Waals surface area contributed by atoms with Crippen LogP contribution in [0.5, 0.6) is 0 Å². The van der Waals surface area contributed by atoms with Crippen molar-refractivity contribution in [2.75, 3.05) is 19.6 Å². The van der Waals surface area contributed by atoms with E-state index in [0.29, 0.717) is 13.1 Å². The third kappa shape index (κ3) is 3.97. The predicted octanol–water partition coefficient (Wildman–Crippen LogP) is 4.67. The number of benzene rings is 1. The van der Waals surface area contributed by atoms with Crippen LogP contribution >= 0.6 is 0 Å². The second kappa shape index (κ2) is 8.12. The van der Waals surface area contributed by atoms with E-state index in [4.69, 9.17) is 4.74 Å². The van der Waals surface area contributed by atoms with Crippen LogP contribution in [0.25, 0.3) is 0 Å². The molecule has 1 aliphatic heterocycles. The summed E-state index contributed by atoms with van der Waals surface area (Å²) in [4.78, 5) is 15.1. The van der Waals surface area contributed by atoms with Crippen molar-refractivity contribution in [1.29, 1.82) is 0 Å². The molecule has 4 heteroatoms. The van der Waals surface area contributed by atoms with E-state index in [0.717, 1.165) is 24.9 Å². The maximum atomic E-state index is 12.9. The summed E-state index contributed by atoms with van der Waals surface area (Å²) in [5.74, 6) is 0.126. The molecule has 0 aromatic heterocycles. The van der Waals surface area contributed by atoms with Gasteiger partial charge in [-0.25, -0.2) is 0 Å². The topological polar surface area (TPSA) is 49.8 Å². The second-order valence-corrected chi connectivity index (χ2v) is 10.3. The smallest absolute Gasteiger partial charge is 0.310 e. The molecular formula is C26H37NO3. The van der Waals surface area contributed by atoms with Crippen LogP contribution in [0.2, 0.25) is 0 Å². The van der Waals surface area contributed by atoms with E-state index >= 15 is 0 Å². The van der Waals surface area contributed by atoms with E-state index in [1.54, 1.807) is 11.1 Å². The third-order valence-corrected chi connectivity index (χ3v) is 8.01. The number of rotatable bonds is 6. The highest BCUT2D eigenvalue weighted by atomic mass is 16.6. The van der Waals surface area contributed by atoms with Gasteiger partial charge in [-0.3, -0.25) is 9.69 Å². The Morgan fingerprint density at radius 2 is 2.03 bits per heavy atom. The summed E-state index contributed by atoms with van der Waals surface area (Å²) in [7, 11) is 0. The van der Waals surface area contributed by atoms with Crippen LogP contribution in [0.3, 0.4) is 0 Å². The minimum atomic E-state index is -0.952. The average molecular weight is 412 g/mol. The molecule has 5 atom stereocenters. The first kappa shape index (κ1) is 21.6. The maximum absolute atomic E-state index is 12.9. The van der Waals surface area contributed by atoms with Crippen LogP contribution in [-0.4, -0.2) is 41.7 Å². The lowest BCUT2D eigenvalue weighted by molar-refractivity contribution is -0.145. The molecule has 0 bridgehead atoms. The first-order valence-electron chi connectivity index (χ1n) is 11.6. The van der Waals surface area contributed by atoms with Crippen molar-refractivity contribution in [3.63, 3.8) is 0 Å². The van der Waals surface area contributed by atoms with Crippen molar-refractivity contribution >= 4 is 5.97 Å². The van der Waals surface area contributed by atoms with Gasteiger partial charge < -0.3 is 9.84 Å². The summed E-state index contributed by atoms with van der Waals surface area (Å²) in [5, 5.41) is 11.1. The SMILES string of the molecule is CCN(C[C@H]1C(=O)O[C@@H]2C[C@@]3(C)CCCC(C)=C3C[C@H]21)C[C@@](C)(O)c1ccccc1. The number of allylic oxidation sites excluding steroid dienone is 2. The average Bonchev–Trinajstić information content (AvgIpc) is 3.00. The van der Waals surface area contributed by atoms with Gasteiger partial charge in [0.1, 0.15) is 6.10 Å². The van der Waals surface area contributed by atoms with E-state index < -0.39 is 5.60 Å². The molecule has 0 spiro atoms. The van der Waals surface area contributed by atoms with Gasteiger partial charge in [0, 0.05) is 19.0 Å². The Balaban J connectivity index is 1.50. The predicted molar refractivity (Wildman–Crippen MR) is 119 cm³/mol. The molecule has 4 nitrogen and oxygen atoms in total. The number of hydrogen-bond acceptors (Lipinski definition) is 4. The van der Waals surface area contributed by atoms with Crippen LogP contribution < -0.4 is 0 Å². The highest BCUT2D eigenvalue weighted by Crippen LogP contribution is 2.55. The van der Waals surface area contributed by atoms with Gasteiger partial charge in [0.15, 0.2) is 0 Å². The minimum Gasteiger partial charge on any atom is -0.462 e. The summed E-state index contributed by atoms with van der Waals surface area (Å²) < 4.78 is 5.94. The maximum Gasteiger partial charge on any atom is 0.310 e. The van der Waals surface area contributed by atoms with E-state index in [2.05, 4.69) is 25.7 Å². The molecule has 0 unspecified atom stereocenters. The molecule has 1 aromatic carbocycles. The van der Waals surface area contributed by atoms with Gasteiger partial charge in [0.05, 0.1) is 11.5 Å². The monoisotopic (exact) mass is 411 g/mol. The van der Waals surface area contributed by atoms with Crippen molar-refractivity contribution in [3.8, 4) is 0 Å². The number of aliphatic hydroxyl groups is 1. The largest absolute Gasteiger partial charge is 0.462 e. The summed E-state index contributed by atoms with van der Waals surface area (Å²) in [6.07, 6.45) is 5.68. The molecule has 1 heterocycles. The molecule has 2 aliphatic carbocycles. The highest BCUT2D eigenvalue weighted by molar-refractivity contribution is 5.76. The van der Waals surface area contributed by atoms with Crippen LogP contribution in [0, 0.1) is 17.3 Å². The van der Waals surface area contributed by atoms with Crippen molar-refractivity contribution < 1.29 is 14.6 Å². The van der Waals surface area contributed by atoms with Gasteiger partial charge in [0.2, 0.25) is 0 Å². The van der Waals surface area contributed by atoms with Crippen LogP contribution in [0.4, 0.5) is 0 Å². The zero-order valence-corrected chi connectivity index (χ0v) is 19.0. The quantitative estimate of drug-likeness (QED) is 0.546. The fourth-order valence-electron chi connectivity index (χ4n) is 6.23. The summed E-state index contributed by atoms with van der Waals surface area (Å²) in [5.41, 5.74) is 3.30. The van der Waals surface area contributed by atoms with Gasteiger partial charge in [-0.2, -0.15) is 0 Å². The molecular weight excluding hydrogens is 374 g/mol. The Morgan fingerprint density at radius 3 is 2.73 bits per heavy atom. The normalized spacial score (nSPS) is 33.1. The first-order valence-corrected chi connectivity index (χ1v) is 11.6. The zero-order valence-electron chi connectivity index (χ0n) is 19.0. The zero-order chi connectivity index (χ0) is 21.5. The lowest BCUT2D eigenvalue weighted by Crippen LogP contribution is -2.44. The third-order valence-electron chi connectivity index (χ3n) is 8.01. The summed E-state index contributed by atoms with van der Waals surface area (Å²) >= 11 is 0. The van der Waals surface area contributed by atoms with Gasteiger partial charge in [-0.1, -0.05) is 55.3 Å². The van der Waals surface area contributed by atoms with Gasteiger partial charge in [-0.15, -0.1) is 0 Å². The van der Waals surface area contributed by atoms with Crippen molar-refractivity contribution in [2.24, 2.45) is 17.3 Å². The van der Waals surface area contributed by atoms with Gasteiger partial charge >= 0.3 is 5.97 Å². The Hall–Kier alpha value is -1.65. The molecule has 1 saturated heterocycles. The molecule has 4 rings (SSSR count). The van der Waals surface area contributed by atoms with Crippen LogP contribution in [-0.2, 0) is 15.1 Å². The number of ether oxygens (including phenoxy) is 1. The molecule has 1 saturated carbocycles. The standard InChI is InChI=1S/C26H37NO3/c1-5-27(17-26(4,29)19-11-7-6-8-12-19)16-21-20-14-22-18(2)10-9-13-25(22,3)15-23(20)30-24(21)28/h6-8,11-12,20-21,23,29H,5,9-10,13-17H2,1-4H3/t20-,21+,23+,25+,26+/m0/s1. The highest BCUT2D eigenvalue weighted by Gasteiger charge is 2.53. The molecule has 1 N–H and O–H groups in total. The van der Waals surface area contributed by atoms with E-state index in [1.165, 1.54) is 19.3 Å². The van der Waals surface area contributed by atoms with Crippen molar-refractivity contribution in [2.45, 2.75) is 71.5 Å². The Morgan fingerprint density at radius 1 is 1.30 bits per heavy atom. The summed E-state index contributed by atoms with van der Waals surface area (Å²) in [6, 6.07) is 9.81. The number of carbonyl (C=O) groups is 1. The van der Waals surface area contributed by atoms with Crippen molar-refractivity contribution in [3.05, 3.63) is 47.0 Å². The molecule has 0 radical (unpaired) electrons. The fraction of sp³-hybridized carbons (Fsp3) is 0.654. The molecule has 164 valence electrons. The van der Waals surface area contributed by atoms with Gasteiger partial charge in [0.25, 0.3) is 0 Å². The minimum absolute atomic E-state index is 0.0386. The molecule has 1 aromatic rings. The Labute approximate surface area is 181 Å². The fourth-order valence-corrected chi connectivity index (χ4v) is 6.23.